The Hall–Kier alpha value is -2.97. The van der Waals surface area contributed by atoms with Crippen LogP contribution in [-0.2, 0) is 17.1 Å². The van der Waals surface area contributed by atoms with Crippen molar-refractivity contribution in [3.8, 4) is 0 Å². The molecule has 1 aliphatic heterocycles. The van der Waals surface area contributed by atoms with Crippen molar-refractivity contribution in [3.05, 3.63) is 60.6 Å². The predicted octanol–water partition coefficient (Wildman–Crippen LogP) is 1.51. The molecule has 4 aromatic rings. The molecule has 0 saturated carbocycles. The van der Waals surface area contributed by atoms with E-state index in [1.54, 1.807) is 47.5 Å². The van der Waals surface area contributed by atoms with Gasteiger partial charge >= 0.3 is 0 Å². The van der Waals surface area contributed by atoms with Crippen molar-refractivity contribution < 1.29 is 13.7 Å². The maximum absolute atomic E-state index is 13.5. The van der Waals surface area contributed by atoms with Crippen LogP contribution in [0.25, 0.3) is 27.5 Å². The first-order valence-electron chi connectivity index (χ1n) is 9.20. The van der Waals surface area contributed by atoms with Gasteiger partial charge in [-0.05, 0) is 42.0 Å². The minimum atomic E-state index is -3.76. The standard InChI is InChI=1S/C20H19N5O2S/c1-24-18-5-4-16(11-15(18)12-23-24)28(26,27)25-13-17(14-6-9-21-10-7-14)20-19(25)3-2-8-22-20/h2-6,8,11-13,21H,7,9-10H2,1H3/p+1. The van der Waals surface area contributed by atoms with E-state index in [4.69, 9.17) is 0 Å². The lowest BCUT2D eigenvalue weighted by Gasteiger charge is -2.10. The molecule has 142 valence electrons. The highest BCUT2D eigenvalue weighted by Crippen LogP contribution is 2.31. The minimum Gasteiger partial charge on any atom is -0.343 e. The summed E-state index contributed by atoms with van der Waals surface area (Å²) >= 11 is 0. The van der Waals surface area contributed by atoms with E-state index in [9.17, 15) is 8.42 Å². The lowest BCUT2D eigenvalue weighted by Crippen LogP contribution is -2.84. The third-order valence-electron chi connectivity index (χ3n) is 5.29. The topological polar surface area (TPSA) is 86.4 Å². The van der Waals surface area contributed by atoms with Gasteiger partial charge in [-0.1, -0.05) is 0 Å². The number of quaternary nitrogens is 1. The number of aromatic nitrogens is 4. The average Bonchev–Trinajstić information content (AvgIpc) is 3.30. The lowest BCUT2D eigenvalue weighted by atomic mass is 10.0. The first-order valence-corrected chi connectivity index (χ1v) is 10.6. The predicted molar refractivity (Wildman–Crippen MR) is 107 cm³/mol. The van der Waals surface area contributed by atoms with E-state index in [-0.39, 0.29) is 4.90 Å². The molecular formula is C20H20N5O2S+. The second-order valence-corrected chi connectivity index (χ2v) is 8.81. The molecule has 0 aliphatic carbocycles. The van der Waals surface area contributed by atoms with Crippen LogP contribution >= 0.6 is 0 Å². The fourth-order valence-corrected chi connectivity index (χ4v) is 5.22. The summed E-state index contributed by atoms with van der Waals surface area (Å²) in [6, 6.07) is 8.68. The van der Waals surface area contributed by atoms with Crippen LogP contribution in [0, 0.1) is 0 Å². The summed E-state index contributed by atoms with van der Waals surface area (Å²) in [6.07, 6.45) is 8.17. The maximum Gasteiger partial charge on any atom is 0.268 e. The van der Waals surface area contributed by atoms with E-state index >= 15 is 0 Å². The van der Waals surface area contributed by atoms with Crippen LogP contribution in [0.3, 0.4) is 0 Å². The van der Waals surface area contributed by atoms with Gasteiger partial charge in [0, 0.05) is 36.8 Å². The molecular weight excluding hydrogens is 374 g/mol. The number of nitrogens with zero attached hydrogens (tertiary/aromatic N) is 4. The molecule has 3 aromatic heterocycles. The summed E-state index contributed by atoms with van der Waals surface area (Å²) in [7, 11) is -1.92. The molecule has 0 spiro atoms. The number of hydrogen-bond donors (Lipinski definition) is 1. The van der Waals surface area contributed by atoms with Crippen LogP contribution in [0.15, 0.2) is 59.9 Å². The van der Waals surface area contributed by atoms with Gasteiger partial charge in [0.15, 0.2) is 0 Å². The number of benzene rings is 1. The highest BCUT2D eigenvalue weighted by atomic mass is 32.2. The van der Waals surface area contributed by atoms with E-state index in [0.29, 0.717) is 5.52 Å². The smallest absolute Gasteiger partial charge is 0.268 e. The molecule has 5 rings (SSSR count). The van der Waals surface area contributed by atoms with Crippen molar-refractivity contribution in [2.24, 2.45) is 7.05 Å². The first-order chi connectivity index (χ1) is 13.6. The number of fused-ring (bicyclic) bond motifs is 2. The monoisotopic (exact) mass is 394 g/mol. The zero-order valence-corrected chi connectivity index (χ0v) is 16.2. The largest absolute Gasteiger partial charge is 0.343 e. The Morgan fingerprint density at radius 3 is 2.89 bits per heavy atom. The van der Waals surface area contributed by atoms with Gasteiger partial charge < -0.3 is 5.32 Å². The zero-order chi connectivity index (χ0) is 19.3. The molecule has 0 amide bonds. The lowest BCUT2D eigenvalue weighted by molar-refractivity contribution is -0.646. The van der Waals surface area contributed by atoms with Crippen LogP contribution < -0.4 is 5.32 Å². The fourth-order valence-electron chi connectivity index (χ4n) is 3.83. The normalized spacial score (nSPS) is 15.2. The van der Waals surface area contributed by atoms with E-state index in [0.717, 1.165) is 47.1 Å². The number of rotatable bonds is 3. The van der Waals surface area contributed by atoms with Crippen molar-refractivity contribution >= 4 is 37.5 Å². The summed E-state index contributed by atoms with van der Waals surface area (Å²) in [5.41, 5.74) is 4.26. The van der Waals surface area contributed by atoms with Crippen LogP contribution in [0.2, 0.25) is 0 Å². The van der Waals surface area contributed by atoms with Crippen LogP contribution in [0.4, 0.5) is 0 Å². The van der Waals surface area contributed by atoms with Gasteiger partial charge in [-0.15, -0.1) is 0 Å². The molecule has 0 saturated heterocycles. The molecule has 0 atom stereocenters. The number of aryl methyl sites for hydroxylation is 1. The summed E-state index contributed by atoms with van der Waals surface area (Å²) in [4.78, 5) is 4.73. The second kappa shape index (κ2) is 6.29. The Labute approximate surface area is 162 Å². The molecule has 0 unspecified atom stereocenters. The van der Waals surface area contributed by atoms with Crippen molar-refractivity contribution in [1.29, 1.82) is 0 Å². The SMILES string of the molecule is Cn1ncc2cc(S(=O)(=O)n3cc(C4=CC[NH2+]CC4)c4ncccc43)ccc21. The summed E-state index contributed by atoms with van der Waals surface area (Å²) in [6.45, 7) is 1.90. The molecule has 1 aliphatic rings. The van der Waals surface area contributed by atoms with Crippen LogP contribution in [-0.4, -0.2) is 40.2 Å². The minimum absolute atomic E-state index is 0.242. The molecule has 4 heterocycles. The Balaban J connectivity index is 1.72. The molecule has 1 aromatic carbocycles. The molecule has 0 fully saturated rings. The molecule has 0 bridgehead atoms. The zero-order valence-electron chi connectivity index (χ0n) is 15.4. The third kappa shape index (κ3) is 2.56. The summed E-state index contributed by atoms with van der Waals surface area (Å²) in [5.74, 6) is 0. The van der Waals surface area contributed by atoms with Gasteiger partial charge in [0.05, 0.1) is 40.7 Å². The van der Waals surface area contributed by atoms with Gasteiger partial charge in [-0.2, -0.15) is 5.10 Å². The average molecular weight is 394 g/mol. The number of pyridine rings is 1. The van der Waals surface area contributed by atoms with Crippen LogP contribution in [0.5, 0.6) is 0 Å². The van der Waals surface area contributed by atoms with E-state index < -0.39 is 10.0 Å². The Morgan fingerprint density at radius 2 is 2.07 bits per heavy atom. The summed E-state index contributed by atoms with van der Waals surface area (Å²) in [5, 5.41) is 7.23. The van der Waals surface area contributed by atoms with E-state index in [2.05, 4.69) is 21.5 Å². The van der Waals surface area contributed by atoms with Gasteiger partial charge in [-0.3, -0.25) is 9.67 Å². The Morgan fingerprint density at radius 1 is 1.18 bits per heavy atom. The van der Waals surface area contributed by atoms with Gasteiger partial charge in [0.2, 0.25) is 0 Å². The Kier molecular flexibility index (Phi) is 3.85. The number of hydrogen-bond acceptors (Lipinski definition) is 4. The van der Waals surface area contributed by atoms with Gasteiger partial charge in [0.25, 0.3) is 10.0 Å². The third-order valence-corrected chi connectivity index (χ3v) is 6.96. The fraction of sp³-hybridized carbons (Fsp3) is 0.200. The molecule has 0 radical (unpaired) electrons. The molecule has 7 nitrogen and oxygen atoms in total. The van der Waals surface area contributed by atoms with Crippen molar-refractivity contribution in [3.63, 3.8) is 0 Å². The van der Waals surface area contributed by atoms with Crippen molar-refractivity contribution in [2.75, 3.05) is 13.1 Å². The molecule has 28 heavy (non-hydrogen) atoms. The molecule has 2 N–H and O–H groups in total. The Bertz CT molecular complexity index is 1350. The maximum atomic E-state index is 13.5. The van der Waals surface area contributed by atoms with E-state index in [1.165, 1.54) is 3.97 Å². The highest BCUT2D eigenvalue weighted by Gasteiger charge is 2.24. The van der Waals surface area contributed by atoms with Crippen molar-refractivity contribution in [2.45, 2.75) is 11.3 Å². The van der Waals surface area contributed by atoms with Gasteiger partial charge in [0.1, 0.15) is 0 Å². The molecule has 8 heteroatoms. The van der Waals surface area contributed by atoms with Gasteiger partial charge in [-0.25, -0.2) is 12.4 Å². The quantitative estimate of drug-likeness (QED) is 0.571. The van der Waals surface area contributed by atoms with E-state index in [1.807, 2.05) is 13.1 Å². The first kappa shape index (κ1) is 17.2. The highest BCUT2D eigenvalue weighted by molar-refractivity contribution is 7.90. The summed E-state index contributed by atoms with van der Waals surface area (Å²) < 4.78 is 30.0. The van der Waals surface area contributed by atoms with Crippen molar-refractivity contribution in [1.82, 2.24) is 18.7 Å². The number of nitrogens with two attached hydrogens (primary N) is 1. The second-order valence-electron chi connectivity index (χ2n) is 7.00. The van der Waals surface area contributed by atoms with Crippen LogP contribution in [0.1, 0.15) is 12.0 Å².